The first-order valence-electron chi connectivity index (χ1n) is 10.7. The van der Waals surface area contributed by atoms with Gasteiger partial charge in [-0.05, 0) is 61.5 Å². The predicted octanol–water partition coefficient (Wildman–Crippen LogP) is 4.69. The van der Waals surface area contributed by atoms with Gasteiger partial charge in [0.1, 0.15) is 12.3 Å². The molecule has 3 aromatic rings. The van der Waals surface area contributed by atoms with E-state index in [0.29, 0.717) is 22.0 Å². The molecule has 0 bridgehead atoms. The van der Waals surface area contributed by atoms with Crippen molar-refractivity contribution in [1.82, 2.24) is 14.8 Å². The fraction of sp³-hybridized carbons (Fsp3) is 0.348. The average Bonchev–Trinajstić information content (AvgIpc) is 3.33. The standard InChI is InChI=1S/C23H24N4O4S/c1-29-17-8-5-15(6-9-17)21-25-26-22(32)27(21)14-20(28)24-16-7-10-18-19(13-16)31-23(30-18)11-3-2-4-12-23/h5-10,13H,2-4,11-12,14H2,1H3,(H,24,28)(H,26,32). The number of hydrogen-bond acceptors (Lipinski definition) is 6. The van der Waals surface area contributed by atoms with E-state index in [0.717, 1.165) is 42.7 Å². The molecule has 1 fully saturated rings. The van der Waals surface area contributed by atoms with Crippen molar-refractivity contribution in [2.75, 3.05) is 12.4 Å². The van der Waals surface area contributed by atoms with Crippen molar-refractivity contribution in [3.63, 3.8) is 0 Å². The summed E-state index contributed by atoms with van der Waals surface area (Å²) in [5, 5.41) is 9.98. The topological polar surface area (TPSA) is 90.4 Å². The van der Waals surface area contributed by atoms with Crippen LogP contribution in [-0.4, -0.2) is 33.6 Å². The van der Waals surface area contributed by atoms with Gasteiger partial charge in [-0.3, -0.25) is 14.5 Å². The number of anilines is 1. The highest BCUT2D eigenvalue weighted by Crippen LogP contribution is 2.46. The number of carbonyl (C=O) groups excluding carboxylic acids is 1. The van der Waals surface area contributed by atoms with Gasteiger partial charge >= 0.3 is 0 Å². The van der Waals surface area contributed by atoms with Gasteiger partial charge in [-0.25, -0.2) is 0 Å². The molecule has 32 heavy (non-hydrogen) atoms. The van der Waals surface area contributed by atoms with Crippen molar-refractivity contribution < 1.29 is 19.0 Å². The van der Waals surface area contributed by atoms with Crippen LogP contribution in [0.25, 0.3) is 11.4 Å². The Labute approximate surface area is 190 Å². The van der Waals surface area contributed by atoms with Crippen molar-refractivity contribution in [3.8, 4) is 28.6 Å². The molecule has 8 nitrogen and oxygen atoms in total. The number of aromatic amines is 1. The van der Waals surface area contributed by atoms with Gasteiger partial charge in [0.2, 0.25) is 5.91 Å². The highest BCUT2D eigenvalue weighted by atomic mass is 32.1. The molecule has 0 radical (unpaired) electrons. The van der Waals surface area contributed by atoms with E-state index in [9.17, 15) is 4.79 Å². The van der Waals surface area contributed by atoms with E-state index in [2.05, 4.69) is 15.5 Å². The summed E-state index contributed by atoms with van der Waals surface area (Å²) >= 11 is 5.34. The number of methoxy groups -OCH3 is 1. The molecule has 9 heteroatoms. The highest BCUT2D eigenvalue weighted by molar-refractivity contribution is 7.71. The molecule has 2 heterocycles. The molecular weight excluding hydrogens is 428 g/mol. The number of nitrogens with one attached hydrogen (secondary N) is 2. The zero-order valence-corrected chi connectivity index (χ0v) is 18.5. The summed E-state index contributed by atoms with van der Waals surface area (Å²) in [6.45, 7) is 0.0229. The minimum atomic E-state index is -0.541. The molecular formula is C23H24N4O4S. The second-order valence-corrected chi connectivity index (χ2v) is 8.44. The van der Waals surface area contributed by atoms with Crippen LogP contribution in [0.15, 0.2) is 42.5 Å². The van der Waals surface area contributed by atoms with Gasteiger partial charge in [-0.2, -0.15) is 5.10 Å². The molecule has 1 amide bonds. The average molecular weight is 453 g/mol. The molecule has 2 aliphatic rings. The number of ether oxygens (including phenoxy) is 3. The van der Waals surface area contributed by atoms with Gasteiger partial charge in [0.15, 0.2) is 22.1 Å². The van der Waals surface area contributed by atoms with Crippen LogP contribution >= 0.6 is 12.2 Å². The summed E-state index contributed by atoms with van der Waals surface area (Å²) in [5.74, 6) is 1.96. The maximum absolute atomic E-state index is 12.8. The number of hydrogen-bond donors (Lipinski definition) is 2. The first-order valence-corrected chi connectivity index (χ1v) is 11.1. The molecule has 0 atom stereocenters. The fourth-order valence-electron chi connectivity index (χ4n) is 4.24. The first kappa shape index (κ1) is 20.6. The Balaban J connectivity index is 1.30. The summed E-state index contributed by atoms with van der Waals surface area (Å²) in [4.78, 5) is 12.8. The van der Waals surface area contributed by atoms with Gasteiger partial charge in [0, 0.05) is 30.2 Å². The minimum Gasteiger partial charge on any atom is -0.497 e. The molecule has 0 saturated heterocycles. The van der Waals surface area contributed by atoms with Crippen LogP contribution in [0.2, 0.25) is 0 Å². The number of H-pyrrole nitrogens is 1. The molecule has 5 rings (SSSR count). The Bertz CT molecular complexity index is 1200. The lowest BCUT2D eigenvalue weighted by atomic mass is 9.94. The number of benzene rings is 2. The first-order chi connectivity index (χ1) is 15.5. The largest absolute Gasteiger partial charge is 0.497 e. The normalized spacial score (nSPS) is 16.2. The van der Waals surface area contributed by atoms with E-state index in [1.165, 1.54) is 6.42 Å². The smallest absolute Gasteiger partial charge is 0.251 e. The van der Waals surface area contributed by atoms with Crippen LogP contribution in [0, 0.1) is 4.77 Å². The summed E-state index contributed by atoms with van der Waals surface area (Å²) < 4.78 is 19.5. The third-order valence-electron chi connectivity index (χ3n) is 5.84. The van der Waals surface area contributed by atoms with Crippen LogP contribution in [0.1, 0.15) is 32.1 Å². The van der Waals surface area contributed by atoms with Crippen LogP contribution in [0.5, 0.6) is 17.2 Å². The molecule has 1 saturated carbocycles. The third-order valence-corrected chi connectivity index (χ3v) is 6.15. The molecule has 1 spiro atoms. The van der Waals surface area contributed by atoms with Gasteiger partial charge in [0.05, 0.1) is 7.11 Å². The second-order valence-electron chi connectivity index (χ2n) is 8.05. The summed E-state index contributed by atoms with van der Waals surface area (Å²) in [6, 6.07) is 12.9. The van der Waals surface area contributed by atoms with Gasteiger partial charge in [-0.1, -0.05) is 6.42 Å². The zero-order chi connectivity index (χ0) is 22.1. The highest BCUT2D eigenvalue weighted by Gasteiger charge is 2.42. The Morgan fingerprint density at radius 1 is 1.16 bits per heavy atom. The van der Waals surface area contributed by atoms with E-state index in [1.54, 1.807) is 11.7 Å². The monoisotopic (exact) mass is 452 g/mol. The van der Waals surface area contributed by atoms with Crippen molar-refractivity contribution >= 4 is 23.8 Å². The summed E-state index contributed by atoms with van der Waals surface area (Å²) in [6.07, 6.45) is 5.17. The molecule has 0 unspecified atom stereocenters. The van der Waals surface area contributed by atoms with Crippen molar-refractivity contribution in [3.05, 3.63) is 47.2 Å². The lowest BCUT2D eigenvalue weighted by Crippen LogP contribution is -2.40. The molecule has 1 aliphatic carbocycles. The Kier molecular flexibility index (Phi) is 5.34. The van der Waals surface area contributed by atoms with Crippen molar-refractivity contribution in [2.24, 2.45) is 0 Å². The third kappa shape index (κ3) is 3.95. The van der Waals surface area contributed by atoms with E-state index in [-0.39, 0.29) is 12.5 Å². The molecule has 166 valence electrons. The Hall–Kier alpha value is -3.33. The van der Waals surface area contributed by atoms with E-state index >= 15 is 0 Å². The Morgan fingerprint density at radius 3 is 2.66 bits per heavy atom. The molecule has 1 aromatic heterocycles. The van der Waals surface area contributed by atoms with Gasteiger partial charge in [0.25, 0.3) is 5.79 Å². The van der Waals surface area contributed by atoms with Gasteiger partial charge < -0.3 is 19.5 Å². The van der Waals surface area contributed by atoms with Crippen LogP contribution in [0.4, 0.5) is 5.69 Å². The number of amides is 1. The lowest BCUT2D eigenvalue weighted by Gasteiger charge is -2.31. The number of carbonyl (C=O) groups is 1. The molecule has 1 aliphatic heterocycles. The van der Waals surface area contributed by atoms with E-state index in [1.807, 2.05) is 42.5 Å². The SMILES string of the molecule is COc1ccc(-c2n[nH]c(=S)n2CC(=O)Nc2ccc3c(c2)OC2(CCCCC2)O3)cc1. The van der Waals surface area contributed by atoms with Crippen molar-refractivity contribution in [2.45, 2.75) is 44.4 Å². The van der Waals surface area contributed by atoms with Crippen LogP contribution in [-0.2, 0) is 11.3 Å². The van der Waals surface area contributed by atoms with Gasteiger partial charge in [-0.15, -0.1) is 0 Å². The maximum atomic E-state index is 12.8. The zero-order valence-electron chi connectivity index (χ0n) is 17.7. The molecule has 2 N–H and O–H groups in total. The minimum absolute atomic E-state index is 0.0229. The van der Waals surface area contributed by atoms with Crippen molar-refractivity contribution in [1.29, 1.82) is 0 Å². The predicted molar refractivity (Wildman–Crippen MR) is 122 cm³/mol. The number of rotatable bonds is 5. The fourth-order valence-corrected chi connectivity index (χ4v) is 4.43. The van der Waals surface area contributed by atoms with E-state index in [4.69, 9.17) is 26.4 Å². The number of nitrogens with zero attached hydrogens (tertiary/aromatic N) is 2. The Morgan fingerprint density at radius 2 is 1.91 bits per heavy atom. The van der Waals surface area contributed by atoms with Crippen LogP contribution in [0.3, 0.4) is 0 Å². The lowest BCUT2D eigenvalue weighted by molar-refractivity contribution is -0.116. The van der Waals surface area contributed by atoms with E-state index < -0.39 is 5.79 Å². The second kappa shape index (κ2) is 8.31. The quantitative estimate of drug-likeness (QED) is 0.546. The molecule has 2 aromatic carbocycles. The number of aromatic nitrogens is 3. The summed E-state index contributed by atoms with van der Waals surface area (Å²) in [7, 11) is 1.61. The number of fused-ring (bicyclic) bond motifs is 1. The summed E-state index contributed by atoms with van der Waals surface area (Å²) in [5.41, 5.74) is 1.47. The maximum Gasteiger partial charge on any atom is 0.251 e. The van der Waals surface area contributed by atoms with Crippen LogP contribution < -0.4 is 19.5 Å².